The van der Waals surface area contributed by atoms with Gasteiger partial charge in [-0.15, -0.1) is 0 Å². The van der Waals surface area contributed by atoms with Crippen molar-refractivity contribution in [3.8, 4) is 17.9 Å². The molecule has 2 aromatic rings. The average Bonchev–Trinajstić information content (AvgIpc) is 2.89. The van der Waals surface area contributed by atoms with E-state index in [0.717, 1.165) is 0 Å². The van der Waals surface area contributed by atoms with Gasteiger partial charge in [0.15, 0.2) is 17.2 Å². The highest BCUT2D eigenvalue weighted by atomic mass is 16.5. The standard InChI is InChI=1S/C15H12N4O2/c1-11(20)12-4-2-3-5-15(12)21-7-6-19-10-18-13(8-16)14(19)9-17/h2-5,10H,6-7H2,1H3. The molecule has 0 spiro atoms. The largest absolute Gasteiger partial charge is 0.491 e. The smallest absolute Gasteiger partial charge is 0.176 e. The molecule has 104 valence electrons. The molecule has 1 aromatic carbocycles. The molecule has 0 amide bonds. The summed E-state index contributed by atoms with van der Waals surface area (Å²) in [6.45, 7) is 2.11. The summed E-state index contributed by atoms with van der Waals surface area (Å²) < 4.78 is 7.13. The molecule has 2 rings (SSSR count). The number of aromatic nitrogens is 2. The SMILES string of the molecule is CC(=O)c1ccccc1OCCn1cnc(C#N)c1C#N. The van der Waals surface area contributed by atoms with Crippen LogP contribution in [0.1, 0.15) is 28.7 Å². The average molecular weight is 280 g/mol. The zero-order chi connectivity index (χ0) is 15.2. The molecule has 0 aliphatic carbocycles. The predicted octanol–water partition coefficient (Wildman–Crippen LogP) is 1.91. The molecule has 6 heteroatoms. The molecule has 0 saturated heterocycles. The highest BCUT2D eigenvalue weighted by molar-refractivity contribution is 5.96. The number of carbonyl (C=O) groups is 1. The van der Waals surface area contributed by atoms with Crippen molar-refractivity contribution in [3.05, 3.63) is 47.5 Å². The molecule has 0 bridgehead atoms. The molecule has 6 nitrogen and oxygen atoms in total. The van der Waals surface area contributed by atoms with E-state index in [0.29, 0.717) is 17.9 Å². The van der Waals surface area contributed by atoms with Crippen molar-refractivity contribution >= 4 is 5.78 Å². The Morgan fingerprint density at radius 3 is 2.76 bits per heavy atom. The predicted molar refractivity (Wildman–Crippen MR) is 73.6 cm³/mol. The fraction of sp³-hybridized carbons (Fsp3) is 0.200. The van der Waals surface area contributed by atoms with Gasteiger partial charge in [0, 0.05) is 0 Å². The number of ketones is 1. The van der Waals surface area contributed by atoms with Crippen molar-refractivity contribution < 1.29 is 9.53 Å². The van der Waals surface area contributed by atoms with E-state index in [1.165, 1.54) is 13.3 Å². The van der Waals surface area contributed by atoms with Crippen molar-refractivity contribution in [2.24, 2.45) is 0 Å². The minimum Gasteiger partial charge on any atom is -0.491 e. The molecule has 1 heterocycles. The van der Waals surface area contributed by atoms with Crippen molar-refractivity contribution in [2.45, 2.75) is 13.5 Å². The first-order valence-corrected chi connectivity index (χ1v) is 6.25. The number of para-hydroxylation sites is 1. The highest BCUT2D eigenvalue weighted by Crippen LogP contribution is 2.18. The Morgan fingerprint density at radius 1 is 1.33 bits per heavy atom. The van der Waals surface area contributed by atoms with Gasteiger partial charge >= 0.3 is 0 Å². The molecule has 1 aromatic heterocycles. The number of rotatable bonds is 5. The highest BCUT2D eigenvalue weighted by Gasteiger charge is 2.11. The van der Waals surface area contributed by atoms with Gasteiger partial charge < -0.3 is 9.30 Å². The Labute approximate surface area is 121 Å². The van der Waals surface area contributed by atoms with Gasteiger partial charge in [-0.05, 0) is 19.1 Å². The summed E-state index contributed by atoms with van der Waals surface area (Å²) in [5, 5.41) is 17.8. The summed E-state index contributed by atoms with van der Waals surface area (Å²) in [6.07, 6.45) is 1.43. The first kappa shape index (κ1) is 14.3. The topological polar surface area (TPSA) is 91.7 Å². The van der Waals surface area contributed by atoms with Gasteiger partial charge in [-0.25, -0.2) is 4.98 Å². The van der Waals surface area contributed by atoms with Crippen LogP contribution < -0.4 is 4.74 Å². The summed E-state index contributed by atoms with van der Waals surface area (Å²) in [5.74, 6) is 0.432. The number of nitriles is 2. The van der Waals surface area contributed by atoms with E-state index < -0.39 is 0 Å². The quantitative estimate of drug-likeness (QED) is 0.780. The molecular formula is C15H12N4O2. The molecule has 0 atom stereocenters. The number of hydrogen-bond acceptors (Lipinski definition) is 5. The van der Waals surface area contributed by atoms with Crippen LogP contribution >= 0.6 is 0 Å². The number of benzene rings is 1. The number of carbonyl (C=O) groups excluding carboxylic acids is 1. The van der Waals surface area contributed by atoms with E-state index in [9.17, 15) is 4.79 Å². The molecule has 0 N–H and O–H groups in total. The summed E-state index contributed by atoms with van der Waals surface area (Å²) in [4.78, 5) is 15.3. The molecule has 0 aliphatic rings. The van der Waals surface area contributed by atoms with Crippen LogP contribution in [-0.4, -0.2) is 21.9 Å². The van der Waals surface area contributed by atoms with Gasteiger partial charge in [-0.2, -0.15) is 10.5 Å². The number of imidazole rings is 1. The fourth-order valence-corrected chi connectivity index (χ4v) is 1.89. The summed E-state index contributed by atoms with van der Waals surface area (Å²) in [6, 6.07) is 10.8. The van der Waals surface area contributed by atoms with Crippen LogP contribution in [0.5, 0.6) is 5.75 Å². The Hall–Kier alpha value is -3.12. The fourth-order valence-electron chi connectivity index (χ4n) is 1.89. The van der Waals surface area contributed by atoms with Crippen LogP contribution in [0, 0.1) is 22.7 Å². The number of Topliss-reactive ketones (excluding diaryl/α,β-unsaturated/α-hetero) is 1. The van der Waals surface area contributed by atoms with Crippen LogP contribution in [0.2, 0.25) is 0 Å². The molecule has 0 unspecified atom stereocenters. The normalized spacial score (nSPS) is 9.67. The van der Waals surface area contributed by atoms with E-state index in [4.69, 9.17) is 15.3 Å². The van der Waals surface area contributed by atoms with Gasteiger partial charge in [-0.1, -0.05) is 12.1 Å². The minimum absolute atomic E-state index is 0.0716. The van der Waals surface area contributed by atoms with E-state index in [1.807, 2.05) is 12.1 Å². The molecule has 0 saturated carbocycles. The third-order valence-corrected chi connectivity index (χ3v) is 2.91. The van der Waals surface area contributed by atoms with Crippen LogP contribution in [-0.2, 0) is 6.54 Å². The Bertz CT molecular complexity index is 750. The lowest BCUT2D eigenvalue weighted by molar-refractivity contribution is 0.101. The zero-order valence-electron chi connectivity index (χ0n) is 11.4. The van der Waals surface area contributed by atoms with Gasteiger partial charge in [0.25, 0.3) is 0 Å². The summed E-state index contributed by atoms with van der Waals surface area (Å²) in [5.41, 5.74) is 0.823. The molecular weight excluding hydrogens is 268 g/mol. The maximum Gasteiger partial charge on any atom is 0.176 e. The Morgan fingerprint density at radius 2 is 2.10 bits per heavy atom. The minimum atomic E-state index is -0.0716. The van der Waals surface area contributed by atoms with Crippen molar-refractivity contribution in [3.63, 3.8) is 0 Å². The second kappa shape index (κ2) is 6.36. The van der Waals surface area contributed by atoms with Crippen molar-refractivity contribution in [2.75, 3.05) is 6.61 Å². The first-order valence-electron chi connectivity index (χ1n) is 6.25. The lowest BCUT2D eigenvalue weighted by Gasteiger charge is -2.10. The zero-order valence-corrected chi connectivity index (χ0v) is 11.4. The van der Waals surface area contributed by atoms with Crippen molar-refractivity contribution in [1.29, 1.82) is 10.5 Å². The van der Waals surface area contributed by atoms with Crippen LogP contribution in [0.15, 0.2) is 30.6 Å². The second-order valence-corrected chi connectivity index (χ2v) is 4.26. The number of hydrogen-bond donors (Lipinski definition) is 0. The van der Waals surface area contributed by atoms with Crippen LogP contribution in [0.3, 0.4) is 0 Å². The number of nitrogens with zero attached hydrogens (tertiary/aromatic N) is 4. The van der Waals surface area contributed by atoms with E-state index in [-0.39, 0.29) is 23.8 Å². The molecule has 0 fully saturated rings. The lowest BCUT2D eigenvalue weighted by Crippen LogP contribution is -2.10. The van der Waals surface area contributed by atoms with Gasteiger partial charge in [0.1, 0.15) is 24.5 Å². The molecule has 21 heavy (non-hydrogen) atoms. The second-order valence-electron chi connectivity index (χ2n) is 4.26. The summed E-state index contributed by atoms with van der Waals surface area (Å²) >= 11 is 0. The Balaban J connectivity index is 2.06. The summed E-state index contributed by atoms with van der Waals surface area (Å²) in [7, 11) is 0. The van der Waals surface area contributed by atoms with Gasteiger partial charge in [0.2, 0.25) is 0 Å². The third kappa shape index (κ3) is 3.07. The lowest BCUT2D eigenvalue weighted by atomic mass is 10.1. The van der Waals surface area contributed by atoms with E-state index in [2.05, 4.69) is 4.98 Å². The van der Waals surface area contributed by atoms with E-state index in [1.54, 1.807) is 28.8 Å². The first-order chi connectivity index (χ1) is 10.2. The van der Waals surface area contributed by atoms with Crippen LogP contribution in [0.25, 0.3) is 0 Å². The molecule has 0 aliphatic heterocycles. The van der Waals surface area contributed by atoms with Crippen LogP contribution in [0.4, 0.5) is 0 Å². The molecule has 0 radical (unpaired) electrons. The maximum atomic E-state index is 11.5. The van der Waals surface area contributed by atoms with E-state index >= 15 is 0 Å². The Kier molecular flexibility index (Phi) is 4.33. The monoisotopic (exact) mass is 280 g/mol. The van der Waals surface area contributed by atoms with Gasteiger partial charge in [-0.3, -0.25) is 4.79 Å². The number of ether oxygens (including phenoxy) is 1. The maximum absolute atomic E-state index is 11.5. The van der Waals surface area contributed by atoms with Gasteiger partial charge in [0.05, 0.1) is 18.4 Å². The van der Waals surface area contributed by atoms with Crippen molar-refractivity contribution in [1.82, 2.24) is 9.55 Å². The third-order valence-electron chi connectivity index (χ3n) is 2.91.